The molecule has 3 N–H and O–H groups in total. The van der Waals surface area contributed by atoms with Crippen LogP contribution in [0.2, 0.25) is 0 Å². The lowest BCUT2D eigenvalue weighted by atomic mass is 9.91. The van der Waals surface area contributed by atoms with Gasteiger partial charge in [0.1, 0.15) is 47.6 Å². The average Bonchev–Trinajstić information content (AvgIpc) is 2.93. The van der Waals surface area contributed by atoms with E-state index in [0.29, 0.717) is 5.75 Å². The highest BCUT2D eigenvalue weighted by atomic mass is 16.6. The first-order chi connectivity index (χ1) is 20.0. The van der Waals surface area contributed by atoms with Crippen molar-refractivity contribution in [3.63, 3.8) is 0 Å². The Kier molecular flexibility index (Phi) is 9.02. The van der Waals surface area contributed by atoms with Crippen molar-refractivity contribution >= 4 is 28.9 Å². The first-order valence-electron chi connectivity index (χ1n) is 13.0. The van der Waals surface area contributed by atoms with Crippen molar-refractivity contribution < 1.29 is 57.8 Å². The normalized spacial score (nSPS) is 20.1. The number of hydrogen-bond acceptors (Lipinski definition) is 13. The second-order valence-corrected chi connectivity index (χ2v) is 9.46. The van der Waals surface area contributed by atoms with Crippen LogP contribution in [-0.4, -0.2) is 71.9 Å². The zero-order valence-electron chi connectivity index (χ0n) is 23.2. The van der Waals surface area contributed by atoms with Gasteiger partial charge in [-0.25, -0.2) is 4.79 Å². The number of hydrogen-bond donors (Lipinski definition) is 3. The standard InChI is InChI=1S/C29H30O13/c1-5-38-29(36)28-22(15-6-8-16(37-4)9-7-15)26(35)24-18(33)10-17(32)23(27(24)42-28)19-11-20(40-14(3)31)25(34)21(41-19)12-39-13(2)30/h6-10,19-21,25,32-34H,5,11-12H2,1-4H3/t19?,20-,21?,25+/m1/s1. The van der Waals surface area contributed by atoms with Gasteiger partial charge in [0.25, 0.3) is 0 Å². The minimum Gasteiger partial charge on any atom is -0.507 e. The number of aromatic hydroxyl groups is 2. The van der Waals surface area contributed by atoms with Crippen LogP contribution in [0.4, 0.5) is 0 Å². The Balaban J connectivity index is 1.96. The van der Waals surface area contributed by atoms with Gasteiger partial charge in [-0.2, -0.15) is 0 Å². The predicted octanol–water partition coefficient (Wildman–Crippen LogP) is 2.74. The number of phenolic OH excluding ortho intramolecular Hbond substituents is 2. The van der Waals surface area contributed by atoms with E-state index in [-0.39, 0.29) is 35.1 Å². The quantitative estimate of drug-likeness (QED) is 0.258. The lowest BCUT2D eigenvalue weighted by Crippen LogP contribution is -2.49. The Bertz CT molecular complexity index is 1560. The zero-order valence-corrected chi connectivity index (χ0v) is 23.2. The van der Waals surface area contributed by atoms with Gasteiger partial charge in [0.05, 0.1) is 30.9 Å². The number of carbonyl (C=O) groups excluding carboxylic acids is 3. The minimum absolute atomic E-state index is 0.0493. The molecule has 2 heterocycles. The van der Waals surface area contributed by atoms with Crippen molar-refractivity contribution in [1.82, 2.24) is 0 Å². The molecule has 2 unspecified atom stereocenters. The van der Waals surface area contributed by atoms with Crippen molar-refractivity contribution in [3.05, 3.63) is 51.9 Å². The van der Waals surface area contributed by atoms with Crippen molar-refractivity contribution in [3.8, 4) is 28.4 Å². The molecule has 1 aliphatic heterocycles. The topological polar surface area (TPSA) is 188 Å². The Morgan fingerprint density at radius 1 is 1.02 bits per heavy atom. The summed E-state index contributed by atoms with van der Waals surface area (Å²) in [6, 6.07) is 7.08. The number of esters is 3. The lowest BCUT2D eigenvalue weighted by Gasteiger charge is -2.38. The Morgan fingerprint density at radius 2 is 1.71 bits per heavy atom. The summed E-state index contributed by atoms with van der Waals surface area (Å²) < 4.78 is 32.5. The molecular weight excluding hydrogens is 556 g/mol. The van der Waals surface area contributed by atoms with Gasteiger partial charge in [0.15, 0.2) is 5.58 Å². The van der Waals surface area contributed by atoms with Crippen LogP contribution >= 0.6 is 0 Å². The summed E-state index contributed by atoms with van der Waals surface area (Å²) >= 11 is 0. The van der Waals surface area contributed by atoms with Crippen molar-refractivity contribution in [1.29, 1.82) is 0 Å². The Morgan fingerprint density at radius 3 is 2.31 bits per heavy atom. The van der Waals surface area contributed by atoms with Crippen molar-refractivity contribution in [2.75, 3.05) is 20.3 Å². The van der Waals surface area contributed by atoms with E-state index >= 15 is 0 Å². The van der Waals surface area contributed by atoms with E-state index < -0.39 is 77.2 Å². The van der Waals surface area contributed by atoms with Gasteiger partial charge in [-0.1, -0.05) is 12.1 Å². The van der Waals surface area contributed by atoms with Crippen LogP contribution in [0.1, 0.15) is 49.4 Å². The fourth-order valence-corrected chi connectivity index (χ4v) is 4.82. The number of aliphatic hydroxyl groups is 1. The first-order valence-corrected chi connectivity index (χ1v) is 13.0. The predicted molar refractivity (Wildman–Crippen MR) is 144 cm³/mol. The summed E-state index contributed by atoms with van der Waals surface area (Å²) in [7, 11) is 1.46. The van der Waals surface area contributed by atoms with Gasteiger partial charge in [-0.05, 0) is 24.6 Å². The number of ether oxygens (including phenoxy) is 5. The van der Waals surface area contributed by atoms with Gasteiger partial charge < -0.3 is 43.4 Å². The fraction of sp³-hybridized carbons (Fsp3) is 0.379. The number of methoxy groups -OCH3 is 1. The molecule has 224 valence electrons. The van der Waals surface area contributed by atoms with Crippen LogP contribution in [0.5, 0.6) is 17.2 Å². The van der Waals surface area contributed by atoms with Gasteiger partial charge >= 0.3 is 17.9 Å². The molecule has 1 aliphatic rings. The summed E-state index contributed by atoms with van der Waals surface area (Å²) in [6.45, 7) is 3.37. The summed E-state index contributed by atoms with van der Waals surface area (Å²) in [6.07, 6.45) is -5.29. The molecule has 2 aromatic carbocycles. The summed E-state index contributed by atoms with van der Waals surface area (Å²) in [4.78, 5) is 50.2. The molecule has 0 spiro atoms. The number of carbonyl (C=O) groups is 3. The molecule has 4 atom stereocenters. The third-order valence-electron chi connectivity index (χ3n) is 6.64. The number of aliphatic hydroxyl groups excluding tert-OH is 1. The third-order valence-corrected chi connectivity index (χ3v) is 6.64. The lowest BCUT2D eigenvalue weighted by molar-refractivity contribution is -0.204. The molecule has 1 saturated heterocycles. The molecule has 1 aromatic heterocycles. The maximum atomic E-state index is 13.9. The SMILES string of the molecule is CCOC(=O)c1oc2c(C3C[C@@H](OC(C)=O)[C@H](O)C(COC(C)=O)O3)c(O)cc(O)c2c(=O)c1-c1ccc(OC)cc1. The number of fused-ring (bicyclic) bond motifs is 1. The minimum atomic E-state index is -1.42. The Labute approximate surface area is 239 Å². The van der Waals surface area contributed by atoms with Crippen LogP contribution in [0.3, 0.4) is 0 Å². The van der Waals surface area contributed by atoms with Crippen LogP contribution in [0.15, 0.2) is 39.5 Å². The highest BCUT2D eigenvalue weighted by Gasteiger charge is 2.43. The molecule has 0 saturated carbocycles. The molecule has 13 heteroatoms. The average molecular weight is 587 g/mol. The molecule has 1 fully saturated rings. The maximum Gasteiger partial charge on any atom is 0.375 e. The fourth-order valence-electron chi connectivity index (χ4n) is 4.82. The number of phenols is 2. The second-order valence-electron chi connectivity index (χ2n) is 9.46. The van der Waals surface area contributed by atoms with E-state index in [2.05, 4.69) is 0 Å². The Hall–Kier alpha value is -4.62. The highest BCUT2D eigenvalue weighted by molar-refractivity contribution is 6.00. The van der Waals surface area contributed by atoms with E-state index in [1.165, 1.54) is 19.2 Å². The van der Waals surface area contributed by atoms with E-state index in [1.807, 2.05) is 0 Å². The molecule has 13 nitrogen and oxygen atoms in total. The third kappa shape index (κ3) is 6.02. The second kappa shape index (κ2) is 12.5. The van der Waals surface area contributed by atoms with E-state index in [1.54, 1.807) is 19.1 Å². The van der Waals surface area contributed by atoms with Crippen molar-refractivity contribution in [2.24, 2.45) is 0 Å². The van der Waals surface area contributed by atoms with Gasteiger partial charge in [0.2, 0.25) is 11.2 Å². The van der Waals surface area contributed by atoms with Crippen LogP contribution in [0, 0.1) is 0 Å². The van der Waals surface area contributed by atoms with Crippen LogP contribution < -0.4 is 10.2 Å². The molecule has 42 heavy (non-hydrogen) atoms. The molecule has 4 rings (SSSR count). The first kappa shape index (κ1) is 30.3. The highest BCUT2D eigenvalue weighted by Crippen LogP contribution is 2.44. The van der Waals surface area contributed by atoms with Gasteiger partial charge in [0, 0.05) is 26.3 Å². The summed E-state index contributed by atoms with van der Waals surface area (Å²) in [5, 5.41) is 32.1. The van der Waals surface area contributed by atoms with E-state index in [0.717, 1.165) is 19.9 Å². The molecule has 0 radical (unpaired) electrons. The van der Waals surface area contributed by atoms with Crippen molar-refractivity contribution in [2.45, 2.75) is 51.6 Å². The molecule has 0 aliphatic carbocycles. The molecule has 3 aromatic rings. The number of rotatable bonds is 8. The molecule has 0 bridgehead atoms. The van der Waals surface area contributed by atoms with Crippen LogP contribution in [-0.2, 0) is 28.5 Å². The summed E-state index contributed by atoms with van der Waals surface area (Å²) in [5.41, 5.74) is -1.33. The summed E-state index contributed by atoms with van der Waals surface area (Å²) in [5.74, 6) is -3.61. The van der Waals surface area contributed by atoms with Gasteiger partial charge in [-0.3, -0.25) is 14.4 Å². The molecular formula is C29H30O13. The maximum absolute atomic E-state index is 13.9. The molecule has 0 amide bonds. The largest absolute Gasteiger partial charge is 0.507 e. The van der Waals surface area contributed by atoms with Gasteiger partial charge in [-0.15, -0.1) is 0 Å². The number of benzene rings is 2. The van der Waals surface area contributed by atoms with Crippen LogP contribution in [0.25, 0.3) is 22.1 Å². The van der Waals surface area contributed by atoms with E-state index in [4.69, 9.17) is 28.1 Å². The zero-order chi connectivity index (χ0) is 30.7. The monoisotopic (exact) mass is 586 g/mol. The van der Waals surface area contributed by atoms with E-state index in [9.17, 15) is 34.5 Å². The smallest absolute Gasteiger partial charge is 0.375 e.